The van der Waals surface area contributed by atoms with Crippen molar-refractivity contribution in [3.63, 3.8) is 0 Å². The van der Waals surface area contributed by atoms with Gasteiger partial charge in [0.15, 0.2) is 0 Å². The van der Waals surface area contributed by atoms with Crippen molar-refractivity contribution in [2.75, 3.05) is 13.1 Å². The molecule has 2 aromatic rings. The molecule has 0 aliphatic heterocycles. The summed E-state index contributed by atoms with van der Waals surface area (Å²) in [5, 5.41) is 11.2. The van der Waals surface area contributed by atoms with Gasteiger partial charge in [0.2, 0.25) is 0 Å². The Kier molecular flexibility index (Phi) is 6.59. The van der Waals surface area contributed by atoms with E-state index in [1.54, 1.807) is 36.7 Å². The van der Waals surface area contributed by atoms with E-state index in [1.165, 1.54) is 0 Å². The van der Waals surface area contributed by atoms with Crippen LogP contribution < -0.4 is 0 Å². The van der Waals surface area contributed by atoms with Crippen LogP contribution in [0.1, 0.15) is 11.1 Å². The average Bonchev–Trinajstić information content (AvgIpc) is 2.51. The second-order valence-electron chi connectivity index (χ2n) is 4.75. The largest absolute Gasteiger partial charge is 0.389 e. The van der Waals surface area contributed by atoms with Gasteiger partial charge in [-0.15, -0.1) is 0 Å². The first-order valence-electron chi connectivity index (χ1n) is 6.82. The SMILES string of the molecule is OC(CN=Cc1ccc(Cl)cc1)CN=Cc1ccc(Cl)cc1. The highest BCUT2D eigenvalue weighted by Gasteiger charge is 2.00. The molecule has 0 radical (unpaired) electrons. The lowest BCUT2D eigenvalue weighted by atomic mass is 10.2. The molecule has 3 nitrogen and oxygen atoms in total. The Balaban J connectivity index is 1.76. The van der Waals surface area contributed by atoms with Crippen molar-refractivity contribution in [2.45, 2.75) is 6.10 Å². The van der Waals surface area contributed by atoms with E-state index < -0.39 is 6.10 Å². The molecule has 22 heavy (non-hydrogen) atoms. The maximum atomic E-state index is 9.82. The van der Waals surface area contributed by atoms with Crippen LogP contribution in [0.3, 0.4) is 0 Å². The molecule has 2 aromatic carbocycles. The van der Waals surface area contributed by atoms with Crippen molar-refractivity contribution in [3.05, 3.63) is 69.7 Å². The highest BCUT2D eigenvalue weighted by atomic mass is 35.5. The molecule has 0 aliphatic carbocycles. The number of aliphatic hydroxyl groups excluding tert-OH is 1. The molecule has 5 heteroatoms. The van der Waals surface area contributed by atoms with E-state index >= 15 is 0 Å². The van der Waals surface area contributed by atoms with E-state index in [4.69, 9.17) is 23.2 Å². The van der Waals surface area contributed by atoms with Gasteiger partial charge >= 0.3 is 0 Å². The van der Waals surface area contributed by atoms with Gasteiger partial charge in [-0.3, -0.25) is 9.98 Å². The van der Waals surface area contributed by atoms with Gasteiger partial charge in [-0.1, -0.05) is 47.5 Å². The average molecular weight is 335 g/mol. The Morgan fingerprint density at radius 2 is 1.14 bits per heavy atom. The fourth-order valence-corrected chi connectivity index (χ4v) is 1.97. The maximum Gasteiger partial charge on any atom is 0.0929 e. The normalized spacial score (nSPS) is 13.0. The van der Waals surface area contributed by atoms with Gasteiger partial charge in [0.1, 0.15) is 0 Å². The zero-order chi connectivity index (χ0) is 15.8. The number of halogens is 2. The summed E-state index contributed by atoms with van der Waals surface area (Å²) in [4.78, 5) is 8.40. The third-order valence-electron chi connectivity index (χ3n) is 2.85. The number of hydrogen-bond acceptors (Lipinski definition) is 3. The summed E-state index contributed by atoms with van der Waals surface area (Å²) in [6.45, 7) is 0.612. The molecule has 0 atom stereocenters. The Bertz CT molecular complexity index is 579. The predicted octanol–water partition coefficient (Wildman–Crippen LogP) is 3.89. The third-order valence-corrected chi connectivity index (χ3v) is 3.36. The highest BCUT2D eigenvalue weighted by molar-refractivity contribution is 6.30. The lowest BCUT2D eigenvalue weighted by Gasteiger charge is -2.03. The summed E-state index contributed by atoms with van der Waals surface area (Å²) in [6, 6.07) is 14.7. The summed E-state index contributed by atoms with van der Waals surface area (Å²) in [7, 11) is 0. The van der Waals surface area contributed by atoms with Crippen molar-refractivity contribution < 1.29 is 5.11 Å². The van der Waals surface area contributed by atoms with E-state index in [9.17, 15) is 5.11 Å². The van der Waals surface area contributed by atoms with Crippen LogP contribution in [0.15, 0.2) is 58.5 Å². The molecule has 0 amide bonds. The van der Waals surface area contributed by atoms with Gasteiger partial charge in [-0.25, -0.2) is 0 Å². The van der Waals surface area contributed by atoms with Crippen LogP contribution in [0.25, 0.3) is 0 Å². The van der Waals surface area contributed by atoms with Gasteiger partial charge in [0, 0.05) is 22.5 Å². The molecule has 0 saturated heterocycles. The molecule has 0 saturated carbocycles. The molecular weight excluding hydrogens is 319 g/mol. The quantitative estimate of drug-likeness (QED) is 0.800. The summed E-state index contributed by atoms with van der Waals surface area (Å²) in [6.07, 6.45) is 2.82. The van der Waals surface area contributed by atoms with Crippen LogP contribution in [0, 0.1) is 0 Å². The van der Waals surface area contributed by atoms with Gasteiger partial charge in [0.25, 0.3) is 0 Å². The predicted molar refractivity (Wildman–Crippen MR) is 93.8 cm³/mol. The number of aliphatic imine (C=N–C) groups is 2. The first-order chi connectivity index (χ1) is 10.6. The maximum absolute atomic E-state index is 9.82. The summed E-state index contributed by atoms with van der Waals surface area (Å²) in [5.74, 6) is 0. The number of hydrogen-bond donors (Lipinski definition) is 1. The van der Waals surface area contributed by atoms with Crippen molar-refractivity contribution in [3.8, 4) is 0 Å². The fraction of sp³-hybridized carbons (Fsp3) is 0.176. The molecule has 0 fully saturated rings. The Morgan fingerprint density at radius 1 is 0.773 bits per heavy atom. The van der Waals surface area contributed by atoms with Crippen LogP contribution in [0.5, 0.6) is 0 Å². The Morgan fingerprint density at radius 3 is 1.50 bits per heavy atom. The topological polar surface area (TPSA) is 45.0 Å². The Labute approximate surface area is 140 Å². The first kappa shape index (κ1) is 16.7. The van der Waals surface area contributed by atoms with Gasteiger partial charge in [-0.05, 0) is 35.4 Å². The van der Waals surface area contributed by atoms with Crippen LogP contribution in [0.2, 0.25) is 10.0 Å². The molecule has 0 bridgehead atoms. The molecule has 0 heterocycles. The molecule has 2 rings (SSSR count). The lowest BCUT2D eigenvalue weighted by Crippen LogP contribution is -2.15. The molecular formula is C17H16Cl2N2O. The van der Waals surface area contributed by atoms with Crippen LogP contribution in [-0.2, 0) is 0 Å². The first-order valence-corrected chi connectivity index (χ1v) is 7.58. The second-order valence-corrected chi connectivity index (χ2v) is 5.62. The lowest BCUT2D eigenvalue weighted by molar-refractivity contribution is 0.193. The molecule has 0 aliphatic rings. The monoisotopic (exact) mass is 334 g/mol. The third kappa shape index (κ3) is 5.98. The summed E-state index contributed by atoms with van der Waals surface area (Å²) < 4.78 is 0. The van der Waals surface area contributed by atoms with Crippen molar-refractivity contribution in [2.24, 2.45) is 9.98 Å². The summed E-state index contributed by atoms with van der Waals surface area (Å²) >= 11 is 11.6. The molecule has 0 spiro atoms. The summed E-state index contributed by atoms with van der Waals surface area (Å²) in [5.41, 5.74) is 1.89. The molecule has 114 valence electrons. The van der Waals surface area contributed by atoms with E-state index in [0.29, 0.717) is 23.1 Å². The fourth-order valence-electron chi connectivity index (χ4n) is 1.72. The standard InChI is InChI=1S/C17H16Cl2N2O/c18-15-5-1-13(2-6-15)9-20-11-17(22)12-21-10-14-3-7-16(19)8-4-14/h1-10,17,22H,11-12H2. The van der Waals surface area contributed by atoms with Gasteiger partial charge in [-0.2, -0.15) is 0 Å². The van der Waals surface area contributed by atoms with Crippen molar-refractivity contribution >= 4 is 35.6 Å². The van der Waals surface area contributed by atoms with Crippen molar-refractivity contribution in [1.82, 2.24) is 0 Å². The Hall–Kier alpha value is -1.68. The minimum absolute atomic E-state index is 0.306. The van der Waals surface area contributed by atoms with E-state index in [0.717, 1.165) is 11.1 Å². The number of benzene rings is 2. The minimum atomic E-state index is -0.605. The van der Waals surface area contributed by atoms with E-state index in [1.807, 2.05) is 24.3 Å². The zero-order valence-corrected chi connectivity index (χ0v) is 13.4. The minimum Gasteiger partial charge on any atom is -0.389 e. The van der Waals surface area contributed by atoms with Crippen LogP contribution in [-0.4, -0.2) is 36.7 Å². The highest BCUT2D eigenvalue weighted by Crippen LogP contribution is 2.08. The molecule has 0 aromatic heterocycles. The van der Waals surface area contributed by atoms with Crippen molar-refractivity contribution in [1.29, 1.82) is 0 Å². The number of nitrogens with zero attached hydrogens (tertiary/aromatic N) is 2. The zero-order valence-electron chi connectivity index (χ0n) is 11.9. The molecule has 1 N–H and O–H groups in total. The van der Waals surface area contributed by atoms with Crippen LogP contribution in [0.4, 0.5) is 0 Å². The smallest absolute Gasteiger partial charge is 0.0929 e. The number of aliphatic hydroxyl groups is 1. The van der Waals surface area contributed by atoms with E-state index in [2.05, 4.69) is 9.98 Å². The van der Waals surface area contributed by atoms with Crippen LogP contribution >= 0.6 is 23.2 Å². The van der Waals surface area contributed by atoms with Gasteiger partial charge in [0.05, 0.1) is 19.2 Å². The van der Waals surface area contributed by atoms with E-state index in [-0.39, 0.29) is 0 Å². The molecule has 0 unspecified atom stereocenters. The second kappa shape index (κ2) is 8.69. The number of rotatable bonds is 6. The van der Waals surface area contributed by atoms with Gasteiger partial charge < -0.3 is 5.11 Å².